The fraction of sp³-hybridized carbons (Fsp3) is 0.500. The molecule has 0 amide bonds. The molecule has 1 aromatic carbocycles. The molecule has 0 heterocycles. The van der Waals surface area contributed by atoms with E-state index in [1.807, 2.05) is 18.2 Å². The van der Waals surface area contributed by atoms with Crippen molar-refractivity contribution in [1.29, 1.82) is 0 Å². The van der Waals surface area contributed by atoms with Gasteiger partial charge in [-0.25, -0.2) is 0 Å². The lowest BCUT2D eigenvalue weighted by molar-refractivity contribution is 0.0860. The van der Waals surface area contributed by atoms with Crippen molar-refractivity contribution in [1.82, 2.24) is 5.32 Å². The molecule has 1 aromatic rings. The molecular weight excluding hydrogens is 289 g/mol. The van der Waals surface area contributed by atoms with Gasteiger partial charge in [0.1, 0.15) is 11.9 Å². The van der Waals surface area contributed by atoms with E-state index in [0.29, 0.717) is 17.2 Å². The van der Waals surface area contributed by atoms with Crippen LogP contribution in [0, 0.1) is 0 Å². The van der Waals surface area contributed by atoms with Gasteiger partial charge in [0.2, 0.25) is 0 Å². The summed E-state index contributed by atoms with van der Waals surface area (Å²) in [6, 6.07) is 6.29. The Labute approximate surface area is 109 Å². The molecule has 0 radical (unpaired) electrons. The van der Waals surface area contributed by atoms with Crippen molar-refractivity contribution in [2.45, 2.75) is 31.9 Å². The second kappa shape index (κ2) is 5.39. The first-order valence-corrected chi connectivity index (χ1v) is 6.71. The summed E-state index contributed by atoms with van der Waals surface area (Å²) in [6.07, 6.45) is 2.43. The topological polar surface area (TPSA) is 21.3 Å². The summed E-state index contributed by atoms with van der Waals surface area (Å²) in [5.41, 5.74) is 0. The Balaban J connectivity index is 1.89. The molecule has 0 aliphatic heterocycles. The fourth-order valence-electron chi connectivity index (χ4n) is 1.86. The second-order valence-corrected chi connectivity index (χ2v) is 5.36. The van der Waals surface area contributed by atoms with Crippen LogP contribution < -0.4 is 10.1 Å². The molecule has 0 bridgehead atoms. The summed E-state index contributed by atoms with van der Waals surface area (Å²) in [5, 5.41) is 4.08. The number of ether oxygens (including phenoxy) is 1. The minimum atomic E-state index is 0.302. The minimum absolute atomic E-state index is 0.302. The summed E-state index contributed by atoms with van der Waals surface area (Å²) in [7, 11) is 0. The van der Waals surface area contributed by atoms with E-state index in [0.717, 1.165) is 29.6 Å². The molecular formula is C12H15BrClNO. The molecule has 1 aliphatic rings. The van der Waals surface area contributed by atoms with Gasteiger partial charge in [0.15, 0.2) is 0 Å². The highest BCUT2D eigenvalue weighted by atomic mass is 79.9. The van der Waals surface area contributed by atoms with Crippen molar-refractivity contribution in [2.75, 3.05) is 6.54 Å². The van der Waals surface area contributed by atoms with Gasteiger partial charge in [-0.05, 0) is 37.6 Å². The molecule has 88 valence electrons. The van der Waals surface area contributed by atoms with Crippen LogP contribution in [0.25, 0.3) is 0 Å². The van der Waals surface area contributed by atoms with Gasteiger partial charge in [0.05, 0.1) is 5.02 Å². The van der Waals surface area contributed by atoms with E-state index in [4.69, 9.17) is 16.3 Å². The molecule has 0 saturated heterocycles. The summed E-state index contributed by atoms with van der Waals surface area (Å²) in [5.74, 6) is 0.774. The summed E-state index contributed by atoms with van der Waals surface area (Å²) < 4.78 is 6.83. The lowest BCUT2D eigenvalue weighted by Gasteiger charge is -2.36. The summed E-state index contributed by atoms with van der Waals surface area (Å²) in [6.45, 7) is 3.15. The predicted molar refractivity (Wildman–Crippen MR) is 70.3 cm³/mol. The second-order valence-electron chi connectivity index (χ2n) is 4.04. The van der Waals surface area contributed by atoms with Crippen LogP contribution in [0.3, 0.4) is 0 Å². The molecule has 2 nitrogen and oxygen atoms in total. The smallest absolute Gasteiger partial charge is 0.139 e. The van der Waals surface area contributed by atoms with E-state index in [1.165, 1.54) is 0 Å². The predicted octanol–water partition coefficient (Wildman–Crippen LogP) is 3.62. The highest BCUT2D eigenvalue weighted by Crippen LogP contribution is 2.32. The van der Waals surface area contributed by atoms with Gasteiger partial charge in [-0.2, -0.15) is 0 Å². The molecule has 1 fully saturated rings. The highest BCUT2D eigenvalue weighted by molar-refractivity contribution is 9.10. The van der Waals surface area contributed by atoms with Crippen LogP contribution in [0.4, 0.5) is 0 Å². The maximum absolute atomic E-state index is 6.06. The van der Waals surface area contributed by atoms with E-state index < -0.39 is 0 Å². The van der Waals surface area contributed by atoms with Gasteiger partial charge in [0, 0.05) is 10.5 Å². The first-order valence-electron chi connectivity index (χ1n) is 5.54. The SMILES string of the molecule is CCNC1CC(Oc2cc(Br)ccc2Cl)C1. The maximum atomic E-state index is 6.06. The van der Waals surface area contributed by atoms with E-state index >= 15 is 0 Å². The first-order chi connectivity index (χ1) is 7.69. The van der Waals surface area contributed by atoms with Gasteiger partial charge in [-0.3, -0.25) is 0 Å². The molecule has 0 unspecified atom stereocenters. The van der Waals surface area contributed by atoms with Crippen molar-refractivity contribution in [3.63, 3.8) is 0 Å². The Kier molecular flexibility index (Phi) is 4.11. The van der Waals surface area contributed by atoms with Gasteiger partial charge in [0.25, 0.3) is 0 Å². The van der Waals surface area contributed by atoms with Crippen LogP contribution in [0.5, 0.6) is 5.75 Å². The molecule has 2 rings (SSSR count). The molecule has 4 heteroatoms. The van der Waals surface area contributed by atoms with Gasteiger partial charge >= 0.3 is 0 Å². The fourth-order valence-corrected chi connectivity index (χ4v) is 2.37. The van der Waals surface area contributed by atoms with Crippen molar-refractivity contribution in [3.05, 3.63) is 27.7 Å². The van der Waals surface area contributed by atoms with E-state index in [1.54, 1.807) is 0 Å². The zero-order valence-corrected chi connectivity index (χ0v) is 11.5. The van der Waals surface area contributed by atoms with Gasteiger partial charge in [-0.15, -0.1) is 0 Å². The first kappa shape index (κ1) is 12.2. The third-order valence-corrected chi connectivity index (χ3v) is 3.58. The monoisotopic (exact) mass is 303 g/mol. The molecule has 16 heavy (non-hydrogen) atoms. The van der Waals surface area contributed by atoms with Crippen molar-refractivity contribution in [2.24, 2.45) is 0 Å². The molecule has 0 spiro atoms. The molecule has 1 saturated carbocycles. The average molecular weight is 305 g/mol. The molecule has 0 aromatic heterocycles. The highest BCUT2D eigenvalue weighted by Gasteiger charge is 2.30. The maximum Gasteiger partial charge on any atom is 0.139 e. The Morgan fingerprint density at radius 1 is 1.50 bits per heavy atom. The number of halogens is 2. The van der Waals surface area contributed by atoms with Crippen molar-refractivity contribution in [3.8, 4) is 5.75 Å². The van der Waals surface area contributed by atoms with Crippen molar-refractivity contribution >= 4 is 27.5 Å². The summed E-state index contributed by atoms with van der Waals surface area (Å²) >= 11 is 9.47. The third-order valence-electron chi connectivity index (χ3n) is 2.77. The Hall–Kier alpha value is -0.250. The van der Waals surface area contributed by atoms with Gasteiger partial charge < -0.3 is 10.1 Å². The number of rotatable bonds is 4. The Morgan fingerprint density at radius 3 is 2.94 bits per heavy atom. The lowest BCUT2D eigenvalue weighted by Crippen LogP contribution is -2.46. The van der Waals surface area contributed by atoms with E-state index in [2.05, 4.69) is 28.2 Å². The number of nitrogens with one attached hydrogen (secondary N) is 1. The van der Waals surface area contributed by atoms with Crippen LogP contribution in [0.1, 0.15) is 19.8 Å². The molecule has 1 aliphatic carbocycles. The van der Waals surface area contributed by atoms with E-state index in [-0.39, 0.29) is 0 Å². The quantitative estimate of drug-likeness (QED) is 0.917. The zero-order chi connectivity index (χ0) is 11.5. The van der Waals surface area contributed by atoms with E-state index in [9.17, 15) is 0 Å². The number of hydrogen-bond donors (Lipinski definition) is 1. The Bertz CT molecular complexity index is 366. The average Bonchev–Trinajstić information content (AvgIpc) is 2.20. The van der Waals surface area contributed by atoms with Crippen LogP contribution in [-0.2, 0) is 0 Å². The normalized spacial score (nSPS) is 23.9. The summed E-state index contributed by atoms with van der Waals surface area (Å²) in [4.78, 5) is 0. The van der Waals surface area contributed by atoms with Crippen molar-refractivity contribution < 1.29 is 4.74 Å². The molecule has 0 atom stereocenters. The number of benzene rings is 1. The molecule has 1 N–H and O–H groups in total. The zero-order valence-electron chi connectivity index (χ0n) is 9.17. The standard InChI is InChI=1S/C12H15BrClNO/c1-2-15-9-6-10(7-9)16-12-5-8(13)3-4-11(12)14/h3-5,9-10,15H,2,6-7H2,1H3. The Morgan fingerprint density at radius 2 is 2.25 bits per heavy atom. The minimum Gasteiger partial charge on any atom is -0.489 e. The van der Waals surface area contributed by atoms with Crippen LogP contribution >= 0.6 is 27.5 Å². The third kappa shape index (κ3) is 2.90. The van der Waals surface area contributed by atoms with Crippen LogP contribution in [-0.4, -0.2) is 18.7 Å². The number of hydrogen-bond acceptors (Lipinski definition) is 2. The van der Waals surface area contributed by atoms with Gasteiger partial charge in [-0.1, -0.05) is 34.5 Å². The lowest BCUT2D eigenvalue weighted by atomic mass is 9.89. The van der Waals surface area contributed by atoms with Crippen LogP contribution in [0.15, 0.2) is 22.7 Å². The van der Waals surface area contributed by atoms with Crippen LogP contribution in [0.2, 0.25) is 5.02 Å². The largest absolute Gasteiger partial charge is 0.489 e.